The number of nitro benzene ring substituents is 1. The number of carbonyl (C=O) groups excluding carboxylic acids is 1. The number of non-ortho nitro benzene ring substituents is 1. The minimum atomic E-state index is -0.423. The maximum atomic E-state index is 13.7. The number of hydrogen-bond acceptors (Lipinski definition) is 4. The number of carbonyl (C=O) groups is 1. The van der Waals surface area contributed by atoms with Crippen LogP contribution in [0, 0.1) is 15.9 Å². The molecule has 36 heavy (non-hydrogen) atoms. The Balaban J connectivity index is 1.78. The summed E-state index contributed by atoms with van der Waals surface area (Å²) in [4.78, 5) is 24.0. The summed E-state index contributed by atoms with van der Waals surface area (Å²) in [5.41, 5.74) is 3.42. The van der Waals surface area contributed by atoms with Crippen LogP contribution in [0.4, 0.5) is 10.1 Å². The van der Waals surface area contributed by atoms with Crippen LogP contribution in [0.5, 0.6) is 0 Å². The van der Waals surface area contributed by atoms with Gasteiger partial charge in [0.15, 0.2) is 0 Å². The molecule has 4 aromatic rings. The van der Waals surface area contributed by atoms with Crippen molar-refractivity contribution in [2.45, 2.75) is 25.3 Å². The fourth-order valence-corrected chi connectivity index (χ4v) is 4.42. The topological polar surface area (TPSA) is 86.4 Å². The third-order valence-corrected chi connectivity index (χ3v) is 6.19. The molecule has 1 aromatic heterocycles. The summed E-state index contributed by atoms with van der Waals surface area (Å²) in [7, 11) is 1.61. The van der Waals surface area contributed by atoms with Gasteiger partial charge < -0.3 is 14.6 Å². The van der Waals surface area contributed by atoms with E-state index in [0.29, 0.717) is 31.5 Å². The summed E-state index contributed by atoms with van der Waals surface area (Å²) in [6, 6.07) is 20.7. The van der Waals surface area contributed by atoms with E-state index in [1.807, 2.05) is 41.1 Å². The summed E-state index contributed by atoms with van der Waals surface area (Å²) < 4.78 is 20.8. The molecule has 1 N–H and O–H groups in total. The smallest absolute Gasteiger partial charge is 0.270 e. The van der Waals surface area contributed by atoms with Gasteiger partial charge in [-0.25, -0.2) is 4.39 Å². The predicted octanol–water partition coefficient (Wildman–Crippen LogP) is 5.41. The number of hydrogen-bond donors (Lipinski definition) is 1. The normalized spacial score (nSPS) is 11.9. The van der Waals surface area contributed by atoms with Crippen molar-refractivity contribution in [2.75, 3.05) is 20.3 Å². The van der Waals surface area contributed by atoms with Gasteiger partial charge in [-0.3, -0.25) is 14.9 Å². The number of fused-ring (bicyclic) bond motifs is 1. The summed E-state index contributed by atoms with van der Waals surface area (Å²) in [6.45, 7) is 1.58. The van der Waals surface area contributed by atoms with E-state index in [2.05, 4.69) is 5.32 Å². The fraction of sp³-hybridized carbons (Fsp3) is 0.250. The van der Waals surface area contributed by atoms with Crippen molar-refractivity contribution in [3.63, 3.8) is 0 Å². The summed E-state index contributed by atoms with van der Waals surface area (Å²) in [5, 5.41) is 15.2. The first-order valence-electron chi connectivity index (χ1n) is 11.8. The van der Waals surface area contributed by atoms with Crippen molar-refractivity contribution in [3.05, 3.63) is 112 Å². The lowest BCUT2D eigenvalue weighted by Gasteiger charge is -2.17. The van der Waals surface area contributed by atoms with Crippen molar-refractivity contribution in [1.82, 2.24) is 9.88 Å². The minimum Gasteiger partial charge on any atom is -0.385 e. The monoisotopic (exact) mass is 489 g/mol. The highest BCUT2D eigenvalue weighted by molar-refractivity contribution is 5.88. The summed E-state index contributed by atoms with van der Waals surface area (Å²) in [5.74, 6) is -0.951. The van der Waals surface area contributed by atoms with Crippen molar-refractivity contribution in [1.29, 1.82) is 0 Å². The number of aromatic nitrogens is 1. The second kappa shape index (κ2) is 11.6. The molecule has 0 saturated carbocycles. The summed E-state index contributed by atoms with van der Waals surface area (Å²) in [6.07, 6.45) is 2.76. The number of ether oxygens (including phenoxy) is 1. The Labute approximate surface area is 208 Å². The molecule has 7 nitrogen and oxygen atoms in total. The molecule has 1 atom stereocenters. The van der Waals surface area contributed by atoms with Crippen LogP contribution in [0.2, 0.25) is 0 Å². The van der Waals surface area contributed by atoms with E-state index in [1.54, 1.807) is 31.4 Å². The van der Waals surface area contributed by atoms with Gasteiger partial charge in [0, 0.05) is 68.4 Å². The number of benzene rings is 3. The molecule has 0 unspecified atom stereocenters. The number of nitro groups is 1. The van der Waals surface area contributed by atoms with E-state index in [0.717, 1.165) is 22.2 Å². The molecule has 186 valence electrons. The average Bonchev–Trinajstić information content (AvgIpc) is 3.23. The van der Waals surface area contributed by atoms with E-state index >= 15 is 0 Å². The Hall–Kier alpha value is -4.04. The second-order valence-corrected chi connectivity index (χ2v) is 8.66. The number of nitrogens with one attached hydrogen (secondary N) is 1. The first-order valence-corrected chi connectivity index (χ1v) is 11.8. The van der Waals surface area contributed by atoms with Gasteiger partial charge in [-0.15, -0.1) is 0 Å². The molecule has 4 rings (SSSR count). The Bertz CT molecular complexity index is 1340. The molecule has 0 saturated heterocycles. The standard InChI is InChI=1S/C28H28FN3O4/c1-36-15-5-14-30-28(33)17-24(21-8-10-22(29)11-9-21)26-19-31(18-20-6-3-2-4-7-20)27-13-12-23(32(34)35)16-25(26)27/h2-4,6-13,16,19,24H,5,14-15,17-18H2,1H3,(H,30,33)/t24-/m0/s1. The molecule has 0 aliphatic rings. The lowest BCUT2D eigenvalue weighted by Crippen LogP contribution is -2.27. The summed E-state index contributed by atoms with van der Waals surface area (Å²) >= 11 is 0. The van der Waals surface area contributed by atoms with Gasteiger partial charge in [-0.2, -0.15) is 0 Å². The lowest BCUT2D eigenvalue weighted by molar-refractivity contribution is -0.384. The van der Waals surface area contributed by atoms with Gasteiger partial charge in [0.1, 0.15) is 5.82 Å². The molecule has 0 aliphatic carbocycles. The third-order valence-electron chi connectivity index (χ3n) is 6.19. The molecular formula is C28H28FN3O4. The number of nitrogens with zero attached hydrogens (tertiary/aromatic N) is 2. The Morgan fingerprint density at radius 1 is 1.11 bits per heavy atom. The zero-order valence-corrected chi connectivity index (χ0v) is 20.0. The molecule has 8 heteroatoms. The first-order chi connectivity index (χ1) is 17.5. The molecule has 0 fully saturated rings. The van der Waals surface area contributed by atoms with Crippen molar-refractivity contribution < 1.29 is 18.8 Å². The first kappa shape index (κ1) is 25.1. The molecule has 1 amide bonds. The van der Waals surface area contributed by atoms with E-state index < -0.39 is 10.8 Å². The molecule has 0 radical (unpaired) electrons. The highest BCUT2D eigenvalue weighted by atomic mass is 19.1. The highest BCUT2D eigenvalue weighted by Gasteiger charge is 2.24. The van der Waals surface area contributed by atoms with E-state index in [4.69, 9.17) is 4.74 Å². The van der Waals surface area contributed by atoms with Crippen LogP contribution in [0.3, 0.4) is 0 Å². The Morgan fingerprint density at radius 2 is 1.86 bits per heavy atom. The van der Waals surface area contributed by atoms with Crippen molar-refractivity contribution >= 4 is 22.5 Å². The molecule has 1 heterocycles. The van der Waals surface area contributed by atoms with E-state index in [1.165, 1.54) is 18.2 Å². The average molecular weight is 490 g/mol. The SMILES string of the molecule is COCCCNC(=O)C[C@@H](c1ccc(F)cc1)c1cn(Cc2ccccc2)c2ccc([N+](=O)[O-])cc12. The van der Waals surface area contributed by atoms with Crippen LogP contribution in [0.25, 0.3) is 10.9 Å². The predicted molar refractivity (Wildman–Crippen MR) is 136 cm³/mol. The van der Waals surface area contributed by atoms with Gasteiger partial charge in [-0.05, 0) is 41.3 Å². The molecule has 0 bridgehead atoms. The second-order valence-electron chi connectivity index (χ2n) is 8.66. The van der Waals surface area contributed by atoms with Crippen molar-refractivity contribution in [3.8, 4) is 0 Å². The lowest BCUT2D eigenvalue weighted by atomic mass is 9.88. The van der Waals surface area contributed by atoms with Crippen LogP contribution in [-0.4, -0.2) is 35.7 Å². The number of rotatable bonds is 11. The van der Waals surface area contributed by atoms with Crippen LogP contribution < -0.4 is 5.32 Å². The van der Waals surface area contributed by atoms with Crippen molar-refractivity contribution in [2.24, 2.45) is 0 Å². The molecule has 0 aliphatic heterocycles. The molecule has 3 aromatic carbocycles. The van der Waals surface area contributed by atoms with Gasteiger partial charge in [0.2, 0.25) is 5.91 Å². The van der Waals surface area contributed by atoms with Crippen LogP contribution >= 0.6 is 0 Å². The largest absolute Gasteiger partial charge is 0.385 e. The third kappa shape index (κ3) is 5.95. The van der Waals surface area contributed by atoms with Crippen LogP contribution in [-0.2, 0) is 16.1 Å². The van der Waals surface area contributed by atoms with Gasteiger partial charge in [-0.1, -0.05) is 42.5 Å². The molecular weight excluding hydrogens is 461 g/mol. The van der Waals surface area contributed by atoms with Crippen LogP contribution in [0.15, 0.2) is 79.0 Å². The zero-order chi connectivity index (χ0) is 25.5. The Kier molecular flexibility index (Phi) is 8.07. The number of methoxy groups -OCH3 is 1. The number of amides is 1. The highest BCUT2D eigenvalue weighted by Crippen LogP contribution is 2.36. The Morgan fingerprint density at radius 3 is 2.56 bits per heavy atom. The van der Waals surface area contributed by atoms with Gasteiger partial charge in [0.05, 0.1) is 4.92 Å². The quantitative estimate of drug-likeness (QED) is 0.173. The maximum absolute atomic E-state index is 13.7. The van der Waals surface area contributed by atoms with Crippen LogP contribution in [0.1, 0.15) is 35.4 Å². The number of halogens is 1. The van der Waals surface area contributed by atoms with Gasteiger partial charge in [0.25, 0.3) is 5.69 Å². The van der Waals surface area contributed by atoms with E-state index in [9.17, 15) is 19.3 Å². The zero-order valence-electron chi connectivity index (χ0n) is 20.0. The minimum absolute atomic E-state index is 0.0249. The van der Waals surface area contributed by atoms with Gasteiger partial charge >= 0.3 is 0 Å². The maximum Gasteiger partial charge on any atom is 0.270 e. The molecule has 0 spiro atoms. The fourth-order valence-electron chi connectivity index (χ4n) is 4.42. The van der Waals surface area contributed by atoms with E-state index in [-0.39, 0.29) is 23.8 Å².